The summed E-state index contributed by atoms with van der Waals surface area (Å²) < 4.78 is 10.7. The van der Waals surface area contributed by atoms with Crippen LogP contribution in [-0.2, 0) is 11.2 Å². The molecule has 25 heavy (non-hydrogen) atoms. The van der Waals surface area contributed by atoms with Gasteiger partial charge < -0.3 is 14.8 Å². The zero-order valence-corrected chi connectivity index (χ0v) is 15.0. The van der Waals surface area contributed by atoms with E-state index in [0.717, 1.165) is 22.6 Å². The van der Waals surface area contributed by atoms with Crippen molar-refractivity contribution in [1.29, 1.82) is 0 Å². The molecule has 1 amide bonds. The highest BCUT2D eigenvalue weighted by Crippen LogP contribution is 2.32. The van der Waals surface area contributed by atoms with E-state index in [1.165, 1.54) is 5.56 Å². The van der Waals surface area contributed by atoms with Crippen LogP contribution in [-0.4, -0.2) is 12.7 Å². The predicted molar refractivity (Wildman–Crippen MR) is 98.0 cm³/mol. The molecular formula is C21H25NO3. The Morgan fingerprint density at radius 3 is 2.40 bits per heavy atom. The van der Waals surface area contributed by atoms with E-state index < -0.39 is 0 Å². The van der Waals surface area contributed by atoms with E-state index in [1.54, 1.807) is 0 Å². The van der Waals surface area contributed by atoms with Gasteiger partial charge in [-0.2, -0.15) is 0 Å². The van der Waals surface area contributed by atoms with Crippen LogP contribution >= 0.6 is 0 Å². The first-order chi connectivity index (χ1) is 12.0. The number of hydrogen-bond acceptors (Lipinski definition) is 3. The van der Waals surface area contributed by atoms with Crippen LogP contribution in [0.1, 0.15) is 55.8 Å². The number of hydrogen-bond donors (Lipinski definition) is 1. The molecular weight excluding hydrogens is 314 g/mol. The molecule has 2 aromatic rings. The van der Waals surface area contributed by atoms with Crippen molar-refractivity contribution >= 4 is 5.91 Å². The molecule has 1 heterocycles. The molecule has 3 rings (SSSR count). The number of carbonyl (C=O) groups is 1. The number of amides is 1. The molecule has 132 valence electrons. The molecule has 4 nitrogen and oxygen atoms in total. The summed E-state index contributed by atoms with van der Waals surface area (Å²) in [7, 11) is 0. The molecule has 2 aromatic carbocycles. The van der Waals surface area contributed by atoms with Crippen molar-refractivity contribution in [3.63, 3.8) is 0 Å². The van der Waals surface area contributed by atoms with Crippen molar-refractivity contribution < 1.29 is 14.3 Å². The molecule has 0 spiro atoms. The molecule has 1 atom stereocenters. The van der Waals surface area contributed by atoms with Crippen LogP contribution in [0.15, 0.2) is 42.5 Å². The maximum absolute atomic E-state index is 12.2. The number of nitrogens with one attached hydrogen (secondary N) is 1. The third-order valence-corrected chi connectivity index (χ3v) is 4.56. The maximum atomic E-state index is 12.2. The molecule has 0 aliphatic carbocycles. The first-order valence-corrected chi connectivity index (χ1v) is 8.80. The number of aryl methyl sites for hydroxylation is 1. The highest BCUT2D eigenvalue weighted by atomic mass is 16.7. The topological polar surface area (TPSA) is 47.6 Å². The number of carbonyl (C=O) groups excluding carboxylic acids is 1. The molecule has 0 bridgehead atoms. The maximum Gasteiger partial charge on any atom is 0.231 e. The second-order valence-electron chi connectivity index (χ2n) is 6.80. The second kappa shape index (κ2) is 7.60. The Balaban J connectivity index is 1.51. The fourth-order valence-electron chi connectivity index (χ4n) is 2.92. The van der Waals surface area contributed by atoms with Crippen molar-refractivity contribution in [2.24, 2.45) is 0 Å². The summed E-state index contributed by atoms with van der Waals surface area (Å²) in [4.78, 5) is 12.2. The molecule has 4 heteroatoms. The lowest BCUT2D eigenvalue weighted by Gasteiger charge is -2.15. The minimum Gasteiger partial charge on any atom is -0.454 e. The quantitative estimate of drug-likeness (QED) is 0.851. The molecule has 1 aliphatic heterocycles. The third kappa shape index (κ3) is 4.32. The van der Waals surface area contributed by atoms with E-state index >= 15 is 0 Å². The molecule has 0 saturated heterocycles. The Bertz CT molecular complexity index is 737. The number of benzene rings is 2. The van der Waals surface area contributed by atoms with Gasteiger partial charge >= 0.3 is 0 Å². The average molecular weight is 339 g/mol. The Hall–Kier alpha value is -2.49. The lowest BCUT2D eigenvalue weighted by molar-refractivity contribution is -0.121. The van der Waals surface area contributed by atoms with Gasteiger partial charge in [0.2, 0.25) is 12.7 Å². The van der Waals surface area contributed by atoms with Crippen LogP contribution < -0.4 is 14.8 Å². The van der Waals surface area contributed by atoms with E-state index in [0.29, 0.717) is 18.8 Å². The van der Waals surface area contributed by atoms with Crippen molar-refractivity contribution in [2.75, 3.05) is 6.79 Å². The number of rotatable bonds is 6. The van der Waals surface area contributed by atoms with Gasteiger partial charge in [0, 0.05) is 6.42 Å². The molecule has 1 N–H and O–H groups in total. The summed E-state index contributed by atoms with van der Waals surface area (Å²) in [5.41, 5.74) is 3.51. The van der Waals surface area contributed by atoms with Crippen LogP contribution in [0.2, 0.25) is 0 Å². The summed E-state index contributed by atoms with van der Waals surface area (Å²) in [5, 5.41) is 3.07. The van der Waals surface area contributed by atoms with Crippen molar-refractivity contribution in [3.8, 4) is 11.5 Å². The van der Waals surface area contributed by atoms with E-state index in [1.807, 2.05) is 25.1 Å². The first kappa shape index (κ1) is 17.3. The van der Waals surface area contributed by atoms with E-state index in [9.17, 15) is 4.79 Å². The lowest BCUT2D eigenvalue weighted by atomic mass is 9.99. The summed E-state index contributed by atoms with van der Waals surface area (Å²) in [6.07, 6.45) is 1.13. The lowest BCUT2D eigenvalue weighted by Crippen LogP contribution is -2.26. The fraction of sp³-hybridized carbons (Fsp3) is 0.381. The van der Waals surface area contributed by atoms with Crippen molar-refractivity contribution in [3.05, 3.63) is 59.2 Å². The SMILES string of the molecule is CC(C)c1ccc(C(C)NC(=O)CCc2ccc3c(c2)OCO3)cc1. The summed E-state index contributed by atoms with van der Waals surface area (Å²) in [5.74, 6) is 2.10. The Labute approximate surface area is 149 Å². The van der Waals surface area contributed by atoms with Gasteiger partial charge in [-0.15, -0.1) is 0 Å². The molecule has 1 unspecified atom stereocenters. The van der Waals surface area contributed by atoms with Crippen LogP contribution in [0.5, 0.6) is 11.5 Å². The summed E-state index contributed by atoms with van der Waals surface area (Å²) >= 11 is 0. The third-order valence-electron chi connectivity index (χ3n) is 4.56. The van der Waals surface area contributed by atoms with E-state index in [-0.39, 0.29) is 18.7 Å². The van der Waals surface area contributed by atoms with Gasteiger partial charge in [0.25, 0.3) is 0 Å². The highest BCUT2D eigenvalue weighted by Gasteiger charge is 2.14. The van der Waals surface area contributed by atoms with Crippen molar-refractivity contribution in [1.82, 2.24) is 5.32 Å². The number of fused-ring (bicyclic) bond motifs is 1. The minimum absolute atomic E-state index is 0.00506. The molecule has 0 radical (unpaired) electrons. The van der Waals surface area contributed by atoms with E-state index in [2.05, 4.69) is 43.4 Å². The van der Waals surface area contributed by atoms with Crippen LogP contribution in [0.25, 0.3) is 0 Å². The Kier molecular flexibility index (Phi) is 5.27. The largest absolute Gasteiger partial charge is 0.454 e. The van der Waals surface area contributed by atoms with Crippen molar-refractivity contribution in [2.45, 2.75) is 45.6 Å². The molecule has 1 aliphatic rings. The highest BCUT2D eigenvalue weighted by molar-refractivity contribution is 5.76. The van der Waals surface area contributed by atoms with Gasteiger partial charge in [0.15, 0.2) is 11.5 Å². The van der Waals surface area contributed by atoms with Gasteiger partial charge in [-0.1, -0.05) is 44.2 Å². The Morgan fingerprint density at radius 1 is 1.00 bits per heavy atom. The minimum atomic E-state index is 0.00506. The zero-order chi connectivity index (χ0) is 17.8. The van der Waals surface area contributed by atoms with Gasteiger partial charge in [0.05, 0.1) is 6.04 Å². The second-order valence-corrected chi connectivity index (χ2v) is 6.80. The molecule has 0 fully saturated rings. The fourth-order valence-corrected chi connectivity index (χ4v) is 2.92. The number of ether oxygens (including phenoxy) is 2. The smallest absolute Gasteiger partial charge is 0.231 e. The Morgan fingerprint density at radius 2 is 1.68 bits per heavy atom. The summed E-state index contributed by atoms with van der Waals surface area (Å²) in [6.45, 7) is 6.64. The predicted octanol–water partition coefficient (Wildman–Crippen LogP) is 4.35. The average Bonchev–Trinajstić information content (AvgIpc) is 3.07. The first-order valence-electron chi connectivity index (χ1n) is 8.80. The van der Waals surface area contributed by atoms with Crippen LogP contribution in [0, 0.1) is 0 Å². The zero-order valence-electron chi connectivity index (χ0n) is 15.0. The molecule has 0 saturated carbocycles. The van der Waals surface area contributed by atoms with Gasteiger partial charge in [0.1, 0.15) is 0 Å². The van der Waals surface area contributed by atoms with E-state index in [4.69, 9.17) is 9.47 Å². The monoisotopic (exact) mass is 339 g/mol. The van der Waals surface area contributed by atoms with Gasteiger partial charge in [-0.25, -0.2) is 0 Å². The van der Waals surface area contributed by atoms with Gasteiger partial charge in [-0.05, 0) is 48.1 Å². The standard InChI is InChI=1S/C21H25NO3/c1-14(2)17-6-8-18(9-7-17)15(3)22-21(23)11-5-16-4-10-19-20(12-16)25-13-24-19/h4,6-10,12,14-15H,5,11,13H2,1-3H3,(H,22,23). The van der Waals surface area contributed by atoms with Crippen LogP contribution in [0.4, 0.5) is 0 Å². The summed E-state index contributed by atoms with van der Waals surface area (Å²) in [6, 6.07) is 14.3. The molecule has 0 aromatic heterocycles. The van der Waals surface area contributed by atoms with Crippen LogP contribution in [0.3, 0.4) is 0 Å². The van der Waals surface area contributed by atoms with Gasteiger partial charge in [-0.3, -0.25) is 4.79 Å². The normalized spacial score (nSPS) is 13.8.